The van der Waals surface area contributed by atoms with Gasteiger partial charge in [-0.3, -0.25) is 9.59 Å². The van der Waals surface area contributed by atoms with Crippen LogP contribution in [0.25, 0.3) is 0 Å². The molecule has 5 nitrogen and oxygen atoms in total. The van der Waals surface area contributed by atoms with Crippen molar-refractivity contribution in [3.8, 4) is 0 Å². The molecule has 1 atom stereocenters. The summed E-state index contributed by atoms with van der Waals surface area (Å²) in [6.07, 6.45) is 6.85. The van der Waals surface area contributed by atoms with Gasteiger partial charge in [0, 0.05) is 29.8 Å². The molecule has 25 heavy (non-hydrogen) atoms. The lowest BCUT2D eigenvalue weighted by molar-refractivity contribution is -0.116. The van der Waals surface area contributed by atoms with E-state index in [0.29, 0.717) is 24.4 Å². The summed E-state index contributed by atoms with van der Waals surface area (Å²) in [6, 6.07) is 5.72. The van der Waals surface area contributed by atoms with E-state index in [2.05, 4.69) is 10.6 Å². The molecule has 1 aliphatic rings. The molecule has 1 unspecified atom stereocenters. The highest BCUT2D eigenvalue weighted by Gasteiger charge is 2.17. The van der Waals surface area contributed by atoms with E-state index in [-0.39, 0.29) is 30.3 Å². The topological polar surface area (TPSA) is 84.2 Å². The van der Waals surface area contributed by atoms with Crippen molar-refractivity contribution < 1.29 is 9.59 Å². The van der Waals surface area contributed by atoms with Gasteiger partial charge in [0.2, 0.25) is 5.91 Å². The number of anilines is 1. The second-order valence-electron chi connectivity index (χ2n) is 6.90. The molecular formula is C19H30ClN3O2. The first-order valence-electron chi connectivity index (χ1n) is 8.92. The van der Waals surface area contributed by atoms with Crippen molar-refractivity contribution in [2.24, 2.45) is 5.73 Å². The number of amides is 2. The number of hydrogen-bond acceptors (Lipinski definition) is 3. The highest BCUT2D eigenvalue weighted by Crippen LogP contribution is 2.20. The van der Waals surface area contributed by atoms with Crippen LogP contribution in [-0.4, -0.2) is 23.9 Å². The molecule has 0 aromatic heterocycles. The summed E-state index contributed by atoms with van der Waals surface area (Å²) in [5, 5.41) is 6.00. The molecule has 1 aromatic carbocycles. The molecule has 1 fully saturated rings. The summed E-state index contributed by atoms with van der Waals surface area (Å²) in [5.41, 5.74) is 7.95. The highest BCUT2D eigenvalue weighted by atomic mass is 35.5. The zero-order valence-electron chi connectivity index (χ0n) is 15.1. The molecule has 4 N–H and O–H groups in total. The van der Waals surface area contributed by atoms with Gasteiger partial charge in [0.1, 0.15) is 0 Å². The minimum atomic E-state index is -0.0465. The maximum Gasteiger partial charge on any atom is 0.251 e. The van der Waals surface area contributed by atoms with Crippen molar-refractivity contribution in [1.82, 2.24) is 5.32 Å². The predicted molar refractivity (Wildman–Crippen MR) is 104 cm³/mol. The molecule has 1 saturated carbocycles. The third kappa shape index (κ3) is 7.04. The Morgan fingerprint density at radius 2 is 1.92 bits per heavy atom. The molecule has 0 heterocycles. The van der Waals surface area contributed by atoms with Gasteiger partial charge in [-0.05, 0) is 56.9 Å². The lowest BCUT2D eigenvalue weighted by Gasteiger charge is -2.23. The van der Waals surface area contributed by atoms with E-state index in [4.69, 9.17) is 5.73 Å². The van der Waals surface area contributed by atoms with Crippen LogP contribution in [0, 0.1) is 6.92 Å². The number of carbonyl (C=O) groups excluding carboxylic acids is 2. The average Bonchev–Trinajstić information content (AvgIpc) is 2.55. The fourth-order valence-electron chi connectivity index (χ4n) is 3.03. The minimum Gasteiger partial charge on any atom is -0.349 e. The standard InChI is InChI=1S/C19H29N3O2.ClH/c1-13-12-15(19(24)21-16-6-4-3-5-7-16)9-10-17(13)22-18(23)11-8-14(2)20;/h9-10,12,14,16H,3-8,11,20H2,1-2H3,(H,21,24)(H,22,23);1H. The van der Waals surface area contributed by atoms with Crippen LogP contribution in [0.2, 0.25) is 0 Å². The van der Waals surface area contributed by atoms with Gasteiger partial charge in [-0.2, -0.15) is 0 Å². The van der Waals surface area contributed by atoms with Gasteiger partial charge in [-0.1, -0.05) is 19.3 Å². The molecule has 0 aliphatic heterocycles. The van der Waals surface area contributed by atoms with Crippen molar-refractivity contribution in [3.05, 3.63) is 29.3 Å². The summed E-state index contributed by atoms with van der Waals surface area (Å²) in [7, 11) is 0. The Labute approximate surface area is 156 Å². The first-order valence-corrected chi connectivity index (χ1v) is 8.92. The van der Waals surface area contributed by atoms with E-state index in [9.17, 15) is 9.59 Å². The number of halogens is 1. The van der Waals surface area contributed by atoms with Crippen molar-refractivity contribution in [2.75, 3.05) is 5.32 Å². The Balaban J connectivity index is 0.00000312. The number of carbonyl (C=O) groups is 2. The van der Waals surface area contributed by atoms with Gasteiger partial charge in [-0.25, -0.2) is 0 Å². The Morgan fingerprint density at radius 1 is 1.24 bits per heavy atom. The van der Waals surface area contributed by atoms with E-state index in [1.165, 1.54) is 19.3 Å². The Hall–Kier alpha value is -1.59. The van der Waals surface area contributed by atoms with E-state index in [1.807, 2.05) is 19.9 Å². The molecular weight excluding hydrogens is 338 g/mol. The third-order valence-corrected chi connectivity index (χ3v) is 4.53. The lowest BCUT2D eigenvalue weighted by atomic mass is 9.95. The first kappa shape index (κ1) is 21.5. The van der Waals surface area contributed by atoms with Crippen LogP contribution in [0.1, 0.15) is 67.8 Å². The van der Waals surface area contributed by atoms with Crippen LogP contribution in [-0.2, 0) is 4.79 Å². The molecule has 140 valence electrons. The molecule has 2 amide bonds. The van der Waals surface area contributed by atoms with Crippen LogP contribution in [0.15, 0.2) is 18.2 Å². The van der Waals surface area contributed by atoms with Crippen molar-refractivity contribution in [3.63, 3.8) is 0 Å². The average molecular weight is 368 g/mol. The Bertz CT molecular complexity index is 584. The van der Waals surface area contributed by atoms with Gasteiger partial charge in [0.05, 0.1) is 0 Å². The minimum absolute atomic E-state index is 0. The van der Waals surface area contributed by atoms with Gasteiger partial charge < -0.3 is 16.4 Å². The summed E-state index contributed by atoms with van der Waals surface area (Å²) < 4.78 is 0. The monoisotopic (exact) mass is 367 g/mol. The first-order chi connectivity index (χ1) is 11.5. The zero-order chi connectivity index (χ0) is 17.5. The quantitative estimate of drug-likeness (QED) is 0.718. The molecule has 1 aliphatic carbocycles. The summed E-state index contributed by atoms with van der Waals surface area (Å²) in [5.74, 6) is -0.0744. The number of rotatable bonds is 6. The van der Waals surface area contributed by atoms with Crippen LogP contribution >= 0.6 is 12.4 Å². The Morgan fingerprint density at radius 3 is 2.52 bits per heavy atom. The molecule has 0 radical (unpaired) electrons. The van der Waals surface area contributed by atoms with Gasteiger partial charge in [0.25, 0.3) is 5.91 Å². The van der Waals surface area contributed by atoms with Crippen molar-refractivity contribution in [2.45, 2.75) is 70.9 Å². The van der Waals surface area contributed by atoms with E-state index >= 15 is 0 Å². The smallest absolute Gasteiger partial charge is 0.251 e. The molecule has 0 saturated heterocycles. The van der Waals surface area contributed by atoms with E-state index in [1.54, 1.807) is 12.1 Å². The summed E-state index contributed by atoms with van der Waals surface area (Å²) in [6.45, 7) is 3.79. The van der Waals surface area contributed by atoms with Gasteiger partial charge >= 0.3 is 0 Å². The van der Waals surface area contributed by atoms with Crippen LogP contribution < -0.4 is 16.4 Å². The highest BCUT2D eigenvalue weighted by molar-refractivity contribution is 5.96. The number of benzene rings is 1. The number of nitrogens with two attached hydrogens (primary N) is 1. The largest absolute Gasteiger partial charge is 0.349 e. The fraction of sp³-hybridized carbons (Fsp3) is 0.579. The van der Waals surface area contributed by atoms with Crippen LogP contribution in [0.3, 0.4) is 0 Å². The van der Waals surface area contributed by atoms with Crippen molar-refractivity contribution in [1.29, 1.82) is 0 Å². The Kier molecular flexibility index (Phi) is 8.93. The summed E-state index contributed by atoms with van der Waals surface area (Å²) >= 11 is 0. The third-order valence-electron chi connectivity index (χ3n) is 4.53. The van der Waals surface area contributed by atoms with Gasteiger partial charge in [-0.15, -0.1) is 12.4 Å². The van der Waals surface area contributed by atoms with Crippen LogP contribution in [0.4, 0.5) is 5.69 Å². The van der Waals surface area contributed by atoms with Gasteiger partial charge in [0.15, 0.2) is 0 Å². The summed E-state index contributed by atoms with van der Waals surface area (Å²) in [4.78, 5) is 24.3. The van der Waals surface area contributed by atoms with Crippen LogP contribution in [0.5, 0.6) is 0 Å². The lowest BCUT2D eigenvalue weighted by Crippen LogP contribution is -2.36. The molecule has 1 aromatic rings. The maximum absolute atomic E-state index is 12.4. The normalized spacial score (nSPS) is 15.8. The SMILES string of the molecule is Cc1cc(C(=O)NC2CCCCC2)ccc1NC(=O)CCC(C)N.Cl. The number of aryl methyl sites for hydroxylation is 1. The molecule has 0 spiro atoms. The predicted octanol–water partition coefficient (Wildman–Crippen LogP) is 3.55. The molecule has 0 bridgehead atoms. The second kappa shape index (κ2) is 10.4. The number of hydrogen-bond donors (Lipinski definition) is 3. The number of nitrogens with one attached hydrogen (secondary N) is 2. The zero-order valence-corrected chi connectivity index (χ0v) is 16.0. The fourth-order valence-corrected chi connectivity index (χ4v) is 3.03. The molecule has 6 heteroatoms. The van der Waals surface area contributed by atoms with E-state index in [0.717, 1.165) is 24.1 Å². The second-order valence-corrected chi connectivity index (χ2v) is 6.90. The van der Waals surface area contributed by atoms with E-state index < -0.39 is 0 Å². The maximum atomic E-state index is 12.4. The van der Waals surface area contributed by atoms with Crippen molar-refractivity contribution >= 4 is 29.9 Å². The molecule has 2 rings (SSSR count).